The third kappa shape index (κ3) is 2.31. The van der Waals surface area contributed by atoms with E-state index in [2.05, 4.69) is 10.5 Å². The Labute approximate surface area is 84.6 Å². The predicted molar refractivity (Wildman–Crippen MR) is 46.3 cm³/mol. The van der Waals surface area contributed by atoms with Crippen LogP contribution in [0.2, 0.25) is 0 Å². The molecule has 1 fully saturated rings. The molecule has 1 N–H and O–H groups in total. The second-order valence-electron chi connectivity index (χ2n) is 3.66. The Morgan fingerprint density at radius 3 is 2.80 bits per heavy atom. The molecular formula is C9H11F3N2O. The lowest BCUT2D eigenvalue weighted by atomic mass is 9.97. The molecule has 1 aliphatic rings. The van der Waals surface area contributed by atoms with Crippen LogP contribution in [0.1, 0.15) is 30.2 Å². The van der Waals surface area contributed by atoms with Crippen LogP contribution in [0.5, 0.6) is 0 Å². The highest BCUT2D eigenvalue weighted by molar-refractivity contribution is 5.13. The van der Waals surface area contributed by atoms with Crippen LogP contribution in [0.25, 0.3) is 0 Å². The molecule has 15 heavy (non-hydrogen) atoms. The second kappa shape index (κ2) is 3.84. The molecule has 1 aromatic heterocycles. The fraction of sp³-hybridized carbons (Fsp3) is 0.667. The van der Waals surface area contributed by atoms with Crippen LogP contribution < -0.4 is 5.32 Å². The van der Waals surface area contributed by atoms with Crippen molar-refractivity contribution in [2.45, 2.75) is 24.9 Å². The molecule has 0 spiro atoms. The van der Waals surface area contributed by atoms with Crippen molar-refractivity contribution in [1.29, 1.82) is 0 Å². The van der Waals surface area contributed by atoms with Crippen LogP contribution >= 0.6 is 0 Å². The molecule has 0 radical (unpaired) electrons. The lowest BCUT2D eigenvalue weighted by molar-refractivity contribution is -0.142. The molecule has 0 aromatic carbocycles. The van der Waals surface area contributed by atoms with Crippen molar-refractivity contribution in [2.24, 2.45) is 0 Å². The van der Waals surface area contributed by atoms with Crippen LogP contribution in [-0.2, 0) is 6.18 Å². The molecule has 6 heteroatoms. The second-order valence-corrected chi connectivity index (χ2v) is 3.66. The van der Waals surface area contributed by atoms with Gasteiger partial charge in [-0.25, -0.2) is 0 Å². The van der Waals surface area contributed by atoms with Crippen LogP contribution in [0.3, 0.4) is 0 Å². The average molecular weight is 220 g/mol. The van der Waals surface area contributed by atoms with Gasteiger partial charge in [-0.05, 0) is 19.4 Å². The molecule has 1 aromatic rings. The quantitative estimate of drug-likeness (QED) is 0.788. The van der Waals surface area contributed by atoms with Gasteiger partial charge < -0.3 is 9.84 Å². The van der Waals surface area contributed by atoms with Crippen LogP contribution in [-0.4, -0.2) is 18.2 Å². The Morgan fingerprint density at radius 2 is 2.27 bits per heavy atom. The lowest BCUT2D eigenvalue weighted by Crippen LogP contribution is -2.28. The molecule has 0 aliphatic carbocycles. The number of rotatable bonds is 1. The maximum atomic E-state index is 12.2. The summed E-state index contributed by atoms with van der Waals surface area (Å²) in [5, 5.41) is 6.15. The first-order valence-electron chi connectivity index (χ1n) is 4.82. The zero-order valence-electron chi connectivity index (χ0n) is 7.97. The van der Waals surface area contributed by atoms with Crippen molar-refractivity contribution in [3.8, 4) is 0 Å². The number of nitrogens with zero attached hydrogens (tertiary/aromatic N) is 1. The van der Waals surface area contributed by atoms with Gasteiger partial charge in [0.25, 0.3) is 0 Å². The first kappa shape index (κ1) is 10.5. The molecule has 3 nitrogen and oxygen atoms in total. The molecular weight excluding hydrogens is 209 g/mol. The summed E-state index contributed by atoms with van der Waals surface area (Å²) in [6, 6.07) is 0.998. The summed E-state index contributed by atoms with van der Waals surface area (Å²) in [6.45, 7) is 1.57. The molecule has 1 saturated heterocycles. The topological polar surface area (TPSA) is 38.1 Å². The summed E-state index contributed by atoms with van der Waals surface area (Å²) in [4.78, 5) is 0. The number of aromatic nitrogens is 1. The van der Waals surface area contributed by atoms with Crippen LogP contribution in [0, 0.1) is 0 Å². The monoisotopic (exact) mass is 220 g/mol. The fourth-order valence-corrected chi connectivity index (χ4v) is 1.71. The number of hydrogen-bond donors (Lipinski definition) is 1. The maximum absolute atomic E-state index is 12.2. The van der Waals surface area contributed by atoms with Crippen molar-refractivity contribution in [1.82, 2.24) is 10.5 Å². The van der Waals surface area contributed by atoms with Gasteiger partial charge >= 0.3 is 6.18 Å². The minimum atomic E-state index is -4.41. The lowest BCUT2D eigenvalue weighted by Gasteiger charge is -2.19. The molecule has 0 amide bonds. The van der Waals surface area contributed by atoms with E-state index in [1.54, 1.807) is 0 Å². The van der Waals surface area contributed by atoms with E-state index in [0.29, 0.717) is 12.3 Å². The van der Waals surface area contributed by atoms with Gasteiger partial charge in [0.05, 0.1) is 0 Å². The molecule has 2 rings (SSSR count). The van der Waals surface area contributed by atoms with Crippen molar-refractivity contribution in [3.63, 3.8) is 0 Å². The van der Waals surface area contributed by atoms with Gasteiger partial charge in [-0.1, -0.05) is 5.16 Å². The van der Waals surface area contributed by atoms with Crippen molar-refractivity contribution in [2.75, 3.05) is 13.1 Å². The maximum Gasteiger partial charge on any atom is 0.436 e. The van der Waals surface area contributed by atoms with Crippen LogP contribution in [0.4, 0.5) is 13.2 Å². The Kier molecular flexibility index (Phi) is 2.68. The van der Waals surface area contributed by atoms with Gasteiger partial charge in [0, 0.05) is 18.5 Å². The van der Waals surface area contributed by atoms with E-state index >= 15 is 0 Å². The molecule has 1 unspecified atom stereocenters. The molecule has 1 aliphatic heterocycles. The fourth-order valence-electron chi connectivity index (χ4n) is 1.71. The van der Waals surface area contributed by atoms with Gasteiger partial charge in [-0.2, -0.15) is 13.2 Å². The summed E-state index contributed by atoms with van der Waals surface area (Å²) in [7, 11) is 0. The average Bonchev–Trinajstić information content (AvgIpc) is 2.67. The van der Waals surface area contributed by atoms with Gasteiger partial charge in [0.2, 0.25) is 0 Å². The van der Waals surface area contributed by atoms with Gasteiger partial charge in [0.1, 0.15) is 5.76 Å². The minimum Gasteiger partial charge on any atom is -0.360 e. The molecule has 0 bridgehead atoms. The van der Waals surface area contributed by atoms with Crippen LogP contribution in [0.15, 0.2) is 10.6 Å². The number of hydrogen-bond acceptors (Lipinski definition) is 3. The third-order valence-electron chi connectivity index (χ3n) is 2.52. The normalized spacial score (nSPS) is 23.0. The van der Waals surface area contributed by atoms with E-state index < -0.39 is 11.9 Å². The highest BCUT2D eigenvalue weighted by Gasteiger charge is 2.36. The summed E-state index contributed by atoms with van der Waals surface area (Å²) in [5.41, 5.74) is -0.942. The molecule has 1 atom stereocenters. The number of halogens is 3. The number of alkyl halides is 3. The Balaban J connectivity index is 2.12. The summed E-state index contributed by atoms with van der Waals surface area (Å²) >= 11 is 0. The van der Waals surface area contributed by atoms with E-state index in [4.69, 9.17) is 4.52 Å². The Morgan fingerprint density at radius 1 is 1.47 bits per heavy atom. The van der Waals surface area contributed by atoms with Gasteiger partial charge in [-0.15, -0.1) is 0 Å². The van der Waals surface area contributed by atoms with Crippen molar-refractivity contribution < 1.29 is 17.7 Å². The zero-order chi connectivity index (χ0) is 10.9. The predicted octanol–water partition coefficient (Wildman–Crippen LogP) is 2.16. The molecule has 0 saturated carbocycles. The van der Waals surface area contributed by atoms with Gasteiger partial charge in [-0.3, -0.25) is 0 Å². The summed E-state index contributed by atoms with van der Waals surface area (Å²) in [5.74, 6) is 0.344. The molecule has 84 valence electrons. The smallest absolute Gasteiger partial charge is 0.360 e. The Hall–Kier alpha value is -1.04. The van der Waals surface area contributed by atoms with E-state index in [1.165, 1.54) is 0 Å². The SMILES string of the molecule is FC(F)(F)c1cc(C2CCCNC2)on1. The third-order valence-corrected chi connectivity index (χ3v) is 2.52. The zero-order valence-corrected chi connectivity index (χ0v) is 7.97. The first-order valence-corrected chi connectivity index (χ1v) is 4.82. The largest absolute Gasteiger partial charge is 0.436 e. The summed E-state index contributed by atoms with van der Waals surface area (Å²) in [6.07, 6.45) is -2.62. The minimum absolute atomic E-state index is 0.0161. The highest BCUT2D eigenvalue weighted by Crippen LogP contribution is 2.31. The van der Waals surface area contributed by atoms with E-state index in [1.807, 2.05) is 0 Å². The number of nitrogens with one attached hydrogen (secondary N) is 1. The standard InChI is InChI=1S/C9H11F3N2O/c10-9(11,12)8-4-7(15-14-8)6-2-1-3-13-5-6/h4,6,13H,1-3,5H2. The summed E-state index contributed by atoms with van der Waals surface area (Å²) < 4.78 is 41.4. The highest BCUT2D eigenvalue weighted by atomic mass is 19.4. The van der Waals surface area contributed by atoms with E-state index in [9.17, 15) is 13.2 Å². The number of piperidine rings is 1. The van der Waals surface area contributed by atoms with E-state index in [0.717, 1.165) is 25.5 Å². The first-order chi connectivity index (χ1) is 7.07. The van der Waals surface area contributed by atoms with Crippen molar-refractivity contribution in [3.05, 3.63) is 17.5 Å². The Bertz CT molecular complexity index is 328. The van der Waals surface area contributed by atoms with Crippen molar-refractivity contribution >= 4 is 0 Å². The van der Waals surface area contributed by atoms with E-state index in [-0.39, 0.29) is 5.92 Å². The van der Waals surface area contributed by atoms with Gasteiger partial charge in [0.15, 0.2) is 5.69 Å². The molecule has 2 heterocycles.